The van der Waals surface area contributed by atoms with E-state index in [-0.39, 0.29) is 6.03 Å². The first-order chi connectivity index (χ1) is 14.8. The highest BCUT2D eigenvalue weighted by atomic mass is 16.2. The summed E-state index contributed by atoms with van der Waals surface area (Å²) in [5.41, 5.74) is 4.55. The maximum Gasteiger partial charge on any atom is 0.317 e. The van der Waals surface area contributed by atoms with Crippen molar-refractivity contribution in [3.05, 3.63) is 84.3 Å². The number of aromatic amines is 1. The number of piperidine rings is 1. The summed E-state index contributed by atoms with van der Waals surface area (Å²) >= 11 is 0. The number of carbonyl (C=O) groups excluding carboxylic acids is 1. The Hall–Kier alpha value is -3.54. The van der Waals surface area contributed by atoms with Crippen molar-refractivity contribution in [1.82, 2.24) is 25.0 Å². The van der Waals surface area contributed by atoms with E-state index in [9.17, 15) is 4.79 Å². The van der Waals surface area contributed by atoms with Crippen molar-refractivity contribution in [1.29, 1.82) is 0 Å². The number of nitrogens with one attached hydrogen (secondary N) is 2. The van der Waals surface area contributed by atoms with E-state index in [2.05, 4.69) is 45.9 Å². The molecule has 0 saturated carbocycles. The first kappa shape index (κ1) is 18.5. The molecule has 0 atom stereocenters. The first-order valence-electron chi connectivity index (χ1n) is 10.5. The molecular weight excluding hydrogens is 374 g/mol. The molecule has 1 aliphatic heterocycles. The minimum absolute atomic E-state index is 0.000150. The molecule has 1 saturated heterocycles. The second-order valence-corrected chi connectivity index (χ2v) is 7.84. The molecule has 4 aromatic rings. The van der Waals surface area contributed by atoms with Crippen LogP contribution in [0, 0.1) is 0 Å². The molecule has 1 fully saturated rings. The maximum atomic E-state index is 12.6. The fourth-order valence-electron chi connectivity index (χ4n) is 4.29. The number of para-hydroxylation sites is 2. The Kier molecular flexibility index (Phi) is 4.97. The topological polar surface area (TPSA) is 66.0 Å². The second-order valence-electron chi connectivity index (χ2n) is 7.84. The van der Waals surface area contributed by atoms with Gasteiger partial charge >= 0.3 is 6.03 Å². The van der Waals surface area contributed by atoms with Crippen molar-refractivity contribution in [2.45, 2.75) is 25.3 Å². The molecule has 6 heteroatoms. The summed E-state index contributed by atoms with van der Waals surface area (Å²) < 4.78 is 1.83. The Morgan fingerprint density at radius 1 is 1.07 bits per heavy atom. The monoisotopic (exact) mass is 399 g/mol. The molecular formula is C24H25N5O. The molecule has 30 heavy (non-hydrogen) atoms. The molecule has 0 radical (unpaired) electrons. The third-order valence-electron chi connectivity index (χ3n) is 5.94. The highest BCUT2D eigenvalue weighted by Crippen LogP contribution is 2.33. The molecule has 1 aliphatic rings. The highest BCUT2D eigenvalue weighted by molar-refractivity contribution is 5.83. The van der Waals surface area contributed by atoms with Crippen LogP contribution < -0.4 is 5.32 Å². The molecule has 5 rings (SSSR count). The van der Waals surface area contributed by atoms with Gasteiger partial charge in [-0.25, -0.2) is 9.48 Å². The fourth-order valence-corrected chi connectivity index (χ4v) is 4.29. The fraction of sp³-hybridized carbons (Fsp3) is 0.250. The predicted molar refractivity (Wildman–Crippen MR) is 118 cm³/mol. The molecule has 6 nitrogen and oxygen atoms in total. The molecule has 152 valence electrons. The Bertz CT molecular complexity index is 1140. The Balaban J connectivity index is 1.15. The Labute approximate surface area is 175 Å². The van der Waals surface area contributed by atoms with Crippen molar-refractivity contribution in [2.75, 3.05) is 13.1 Å². The van der Waals surface area contributed by atoms with Gasteiger partial charge in [0.15, 0.2) is 0 Å². The van der Waals surface area contributed by atoms with Gasteiger partial charge in [0.1, 0.15) is 0 Å². The number of rotatable bonds is 4. The van der Waals surface area contributed by atoms with E-state index in [1.807, 2.05) is 46.1 Å². The molecule has 2 aromatic carbocycles. The average molecular weight is 399 g/mol. The van der Waals surface area contributed by atoms with Crippen molar-refractivity contribution in [3.8, 4) is 5.69 Å². The van der Waals surface area contributed by atoms with Crippen LogP contribution in [0.2, 0.25) is 0 Å². The van der Waals surface area contributed by atoms with Crippen molar-refractivity contribution < 1.29 is 4.79 Å². The summed E-state index contributed by atoms with van der Waals surface area (Å²) in [6, 6.07) is 18.4. The number of H-pyrrole nitrogens is 1. The number of likely N-dealkylation sites (tertiary alicyclic amines) is 1. The van der Waals surface area contributed by atoms with Crippen LogP contribution in [-0.2, 0) is 6.54 Å². The van der Waals surface area contributed by atoms with Crippen LogP contribution in [0.4, 0.5) is 4.79 Å². The molecule has 2 amide bonds. The molecule has 0 aliphatic carbocycles. The third-order valence-corrected chi connectivity index (χ3v) is 5.94. The number of fused-ring (bicyclic) bond motifs is 1. The first-order valence-corrected chi connectivity index (χ1v) is 10.5. The van der Waals surface area contributed by atoms with E-state index in [1.165, 1.54) is 16.5 Å². The molecule has 2 aromatic heterocycles. The number of hydrogen-bond acceptors (Lipinski definition) is 2. The van der Waals surface area contributed by atoms with Gasteiger partial charge in [0.2, 0.25) is 0 Å². The summed E-state index contributed by atoms with van der Waals surface area (Å²) in [4.78, 5) is 17.9. The highest BCUT2D eigenvalue weighted by Gasteiger charge is 2.25. The van der Waals surface area contributed by atoms with Gasteiger partial charge in [0.05, 0.1) is 11.9 Å². The molecule has 2 N–H and O–H groups in total. The van der Waals surface area contributed by atoms with Gasteiger partial charge in [0.25, 0.3) is 0 Å². The standard InChI is InChI=1S/C24H25N5O/c30-24(26-14-18-15-27-29(17-18)20-6-2-1-3-7-20)28-12-10-19(11-13-28)22-16-25-23-9-5-4-8-21(22)23/h1-9,15-17,19,25H,10-14H2,(H,26,30). The van der Waals surface area contributed by atoms with Crippen molar-refractivity contribution in [3.63, 3.8) is 0 Å². The zero-order valence-corrected chi connectivity index (χ0v) is 16.8. The lowest BCUT2D eigenvalue weighted by atomic mass is 9.89. The maximum absolute atomic E-state index is 12.6. The van der Waals surface area contributed by atoms with Crippen LogP contribution in [0.3, 0.4) is 0 Å². The van der Waals surface area contributed by atoms with Crippen LogP contribution in [0.5, 0.6) is 0 Å². The van der Waals surface area contributed by atoms with Gasteiger partial charge in [-0.2, -0.15) is 5.10 Å². The van der Waals surface area contributed by atoms with Gasteiger partial charge in [0, 0.05) is 48.5 Å². The number of urea groups is 1. The van der Waals surface area contributed by atoms with Gasteiger partial charge < -0.3 is 15.2 Å². The van der Waals surface area contributed by atoms with Gasteiger partial charge in [-0.3, -0.25) is 0 Å². The Morgan fingerprint density at radius 2 is 1.83 bits per heavy atom. The summed E-state index contributed by atoms with van der Waals surface area (Å²) in [5.74, 6) is 0.495. The molecule has 0 bridgehead atoms. The zero-order valence-electron chi connectivity index (χ0n) is 16.8. The molecule has 0 spiro atoms. The van der Waals surface area contributed by atoms with E-state index < -0.39 is 0 Å². The number of nitrogens with zero attached hydrogens (tertiary/aromatic N) is 3. The van der Waals surface area contributed by atoms with Crippen LogP contribution in [-0.4, -0.2) is 38.8 Å². The zero-order chi connectivity index (χ0) is 20.3. The van der Waals surface area contributed by atoms with Gasteiger partial charge in [-0.05, 0) is 42.5 Å². The largest absolute Gasteiger partial charge is 0.361 e. The molecule has 3 heterocycles. The van der Waals surface area contributed by atoms with E-state index in [0.717, 1.165) is 37.2 Å². The van der Waals surface area contributed by atoms with Crippen molar-refractivity contribution in [2.24, 2.45) is 0 Å². The second kappa shape index (κ2) is 8.06. The lowest BCUT2D eigenvalue weighted by Gasteiger charge is -2.32. The third kappa shape index (κ3) is 3.68. The summed E-state index contributed by atoms with van der Waals surface area (Å²) in [5, 5.41) is 8.73. The lowest BCUT2D eigenvalue weighted by molar-refractivity contribution is 0.181. The Morgan fingerprint density at radius 3 is 2.67 bits per heavy atom. The number of carbonyl (C=O) groups is 1. The van der Waals surface area contributed by atoms with E-state index in [4.69, 9.17) is 0 Å². The summed E-state index contributed by atoms with van der Waals surface area (Å²) in [6.45, 7) is 2.03. The van der Waals surface area contributed by atoms with Crippen LogP contribution in [0.25, 0.3) is 16.6 Å². The number of benzene rings is 2. The quantitative estimate of drug-likeness (QED) is 0.533. The number of hydrogen-bond donors (Lipinski definition) is 2. The van der Waals surface area contributed by atoms with Crippen LogP contribution in [0.15, 0.2) is 73.2 Å². The number of amides is 2. The van der Waals surface area contributed by atoms with Gasteiger partial charge in [-0.15, -0.1) is 0 Å². The van der Waals surface area contributed by atoms with E-state index in [1.54, 1.807) is 6.20 Å². The predicted octanol–water partition coefficient (Wildman–Crippen LogP) is 4.44. The summed E-state index contributed by atoms with van der Waals surface area (Å²) in [7, 11) is 0. The van der Waals surface area contributed by atoms with Crippen molar-refractivity contribution >= 4 is 16.9 Å². The minimum atomic E-state index is -0.000150. The smallest absolute Gasteiger partial charge is 0.317 e. The van der Waals surface area contributed by atoms with E-state index >= 15 is 0 Å². The van der Waals surface area contributed by atoms with Gasteiger partial charge in [-0.1, -0.05) is 36.4 Å². The SMILES string of the molecule is O=C(NCc1cnn(-c2ccccc2)c1)N1CCC(c2c[nH]c3ccccc23)CC1. The van der Waals surface area contributed by atoms with E-state index in [0.29, 0.717) is 12.5 Å². The molecule has 0 unspecified atom stereocenters. The van der Waals surface area contributed by atoms with Crippen LogP contribution >= 0.6 is 0 Å². The van der Waals surface area contributed by atoms with Crippen LogP contribution in [0.1, 0.15) is 29.9 Å². The average Bonchev–Trinajstić information content (AvgIpc) is 3.46. The minimum Gasteiger partial charge on any atom is -0.361 e. The number of aromatic nitrogens is 3. The lowest BCUT2D eigenvalue weighted by Crippen LogP contribution is -2.43. The normalized spacial score (nSPS) is 14.9. The summed E-state index contributed by atoms with van der Waals surface area (Å²) in [6.07, 6.45) is 7.87.